The summed E-state index contributed by atoms with van der Waals surface area (Å²) in [5.41, 5.74) is 0.233. The summed E-state index contributed by atoms with van der Waals surface area (Å²) in [5, 5.41) is 2.40. The minimum atomic E-state index is -0.789. The van der Waals surface area contributed by atoms with Crippen molar-refractivity contribution in [3.8, 4) is 0 Å². The lowest BCUT2D eigenvalue weighted by Gasteiger charge is -2.07. The average molecular weight is 290 g/mol. The first kappa shape index (κ1) is 13.0. The molecule has 1 aromatic heterocycles. The maximum atomic E-state index is 13.6. The van der Waals surface area contributed by atoms with E-state index >= 15 is 0 Å². The van der Waals surface area contributed by atoms with Gasteiger partial charge < -0.3 is 5.32 Å². The van der Waals surface area contributed by atoms with Gasteiger partial charge in [-0.3, -0.25) is 0 Å². The molecule has 0 spiro atoms. The Hall–Kier alpha value is -1.46. The third-order valence-corrected chi connectivity index (χ3v) is 2.73. The monoisotopic (exact) mass is 289 g/mol. The normalized spacial score (nSPS) is 10.4. The summed E-state index contributed by atoms with van der Waals surface area (Å²) in [4.78, 5) is 7.58. The predicted molar refractivity (Wildman–Crippen MR) is 65.7 cm³/mol. The molecule has 0 unspecified atom stereocenters. The van der Waals surface area contributed by atoms with Crippen LogP contribution in [0.25, 0.3) is 0 Å². The molecule has 0 atom stereocenters. The van der Waals surface area contributed by atoms with Gasteiger partial charge in [-0.25, -0.2) is 18.7 Å². The number of hydrogen-bond donors (Lipinski definition) is 1. The minimum absolute atomic E-state index is 0.0811. The van der Waals surface area contributed by atoms with E-state index in [1.807, 2.05) is 0 Å². The first-order valence-corrected chi connectivity index (χ1v) is 5.68. The third kappa shape index (κ3) is 2.86. The van der Waals surface area contributed by atoms with E-state index < -0.39 is 16.7 Å². The van der Waals surface area contributed by atoms with Gasteiger partial charge in [-0.05, 0) is 23.7 Å². The van der Waals surface area contributed by atoms with Gasteiger partial charge in [0.1, 0.15) is 22.5 Å². The standard InChI is InChI=1S/C11H7Cl2F2N3/c12-9-7(14)2-1-6(10(9)15)5-17-8-3-4-16-11(13)18-8/h1-4H,5H2,(H,16,17,18). The number of hydrogen-bond acceptors (Lipinski definition) is 3. The molecule has 2 rings (SSSR count). The van der Waals surface area contributed by atoms with Gasteiger partial charge in [0.2, 0.25) is 5.28 Å². The topological polar surface area (TPSA) is 37.8 Å². The molecule has 3 nitrogen and oxygen atoms in total. The molecule has 0 saturated carbocycles. The Morgan fingerprint density at radius 1 is 1.17 bits per heavy atom. The Balaban J connectivity index is 2.14. The molecule has 0 fully saturated rings. The molecule has 18 heavy (non-hydrogen) atoms. The fourth-order valence-corrected chi connectivity index (χ4v) is 1.65. The second kappa shape index (κ2) is 5.46. The first-order valence-electron chi connectivity index (χ1n) is 4.92. The van der Waals surface area contributed by atoms with Gasteiger partial charge in [-0.15, -0.1) is 0 Å². The summed E-state index contributed by atoms with van der Waals surface area (Å²) < 4.78 is 26.5. The van der Waals surface area contributed by atoms with Crippen LogP contribution in [0.15, 0.2) is 24.4 Å². The van der Waals surface area contributed by atoms with E-state index in [0.717, 1.165) is 6.07 Å². The van der Waals surface area contributed by atoms with E-state index in [0.29, 0.717) is 5.82 Å². The van der Waals surface area contributed by atoms with Crippen molar-refractivity contribution in [2.75, 3.05) is 5.32 Å². The van der Waals surface area contributed by atoms with Crippen LogP contribution >= 0.6 is 23.2 Å². The van der Waals surface area contributed by atoms with Crippen LogP contribution in [0.3, 0.4) is 0 Å². The van der Waals surface area contributed by atoms with Crippen molar-refractivity contribution < 1.29 is 8.78 Å². The van der Waals surface area contributed by atoms with Crippen LogP contribution in [0, 0.1) is 11.6 Å². The maximum absolute atomic E-state index is 13.6. The zero-order valence-electron chi connectivity index (χ0n) is 8.92. The Kier molecular flexibility index (Phi) is 3.93. The van der Waals surface area contributed by atoms with Crippen molar-refractivity contribution >= 4 is 29.0 Å². The molecule has 0 aliphatic carbocycles. The van der Waals surface area contributed by atoms with Crippen LogP contribution in [-0.2, 0) is 6.54 Å². The molecular formula is C11H7Cl2F2N3. The molecule has 0 saturated heterocycles. The summed E-state index contributed by atoms with van der Waals surface area (Å²) >= 11 is 11.1. The third-order valence-electron chi connectivity index (χ3n) is 2.20. The lowest BCUT2D eigenvalue weighted by molar-refractivity contribution is 0.574. The number of aromatic nitrogens is 2. The highest BCUT2D eigenvalue weighted by Gasteiger charge is 2.11. The Bertz CT molecular complexity index is 578. The van der Waals surface area contributed by atoms with Gasteiger partial charge in [0.25, 0.3) is 0 Å². The van der Waals surface area contributed by atoms with E-state index in [-0.39, 0.29) is 17.4 Å². The van der Waals surface area contributed by atoms with Gasteiger partial charge in [-0.1, -0.05) is 17.7 Å². The lowest BCUT2D eigenvalue weighted by Crippen LogP contribution is -2.04. The molecule has 1 N–H and O–H groups in total. The van der Waals surface area contributed by atoms with Crippen LogP contribution < -0.4 is 5.32 Å². The fraction of sp³-hybridized carbons (Fsp3) is 0.0909. The molecule has 0 amide bonds. The first-order chi connectivity index (χ1) is 8.58. The Labute approximate surface area is 112 Å². The number of rotatable bonds is 3. The van der Waals surface area contributed by atoms with Crippen molar-refractivity contribution in [1.82, 2.24) is 9.97 Å². The number of nitrogens with one attached hydrogen (secondary N) is 1. The smallest absolute Gasteiger partial charge is 0.224 e. The van der Waals surface area contributed by atoms with Crippen molar-refractivity contribution in [2.45, 2.75) is 6.54 Å². The molecule has 0 bridgehead atoms. The molecule has 0 radical (unpaired) electrons. The predicted octanol–water partition coefficient (Wildman–Crippen LogP) is 3.67. The van der Waals surface area contributed by atoms with E-state index in [1.54, 1.807) is 6.07 Å². The van der Waals surface area contributed by atoms with Gasteiger partial charge in [-0.2, -0.15) is 0 Å². The molecular weight excluding hydrogens is 283 g/mol. The Morgan fingerprint density at radius 2 is 1.94 bits per heavy atom. The molecule has 1 aromatic carbocycles. The van der Waals surface area contributed by atoms with E-state index in [9.17, 15) is 8.78 Å². The summed E-state index contributed by atoms with van der Waals surface area (Å²) in [5.74, 6) is -1.14. The van der Waals surface area contributed by atoms with Crippen LogP contribution in [0.1, 0.15) is 5.56 Å². The molecule has 94 valence electrons. The number of anilines is 1. The summed E-state index contributed by atoms with van der Waals surface area (Å²) in [6.07, 6.45) is 1.46. The SMILES string of the molecule is Fc1ccc(CNc2ccnc(Cl)n2)c(F)c1Cl. The molecule has 7 heteroatoms. The number of benzene rings is 1. The molecule has 0 aliphatic rings. The minimum Gasteiger partial charge on any atom is -0.366 e. The second-order valence-electron chi connectivity index (χ2n) is 3.40. The van der Waals surface area contributed by atoms with Gasteiger partial charge in [0.15, 0.2) is 0 Å². The zero-order valence-corrected chi connectivity index (χ0v) is 10.4. The average Bonchev–Trinajstić information content (AvgIpc) is 2.35. The number of nitrogens with zero attached hydrogens (tertiary/aromatic N) is 2. The van der Waals surface area contributed by atoms with Crippen LogP contribution in [-0.4, -0.2) is 9.97 Å². The van der Waals surface area contributed by atoms with Crippen LogP contribution in [0.2, 0.25) is 10.3 Å². The van der Waals surface area contributed by atoms with Crippen molar-refractivity contribution in [2.24, 2.45) is 0 Å². The van der Waals surface area contributed by atoms with Gasteiger partial charge in [0, 0.05) is 18.3 Å². The lowest BCUT2D eigenvalue weighted by atomic mass is 10.2. The molecule has 0 aliphatic heterocycles. The van der Waals surface area contributed by atoms with Crippen molar-refractivity contribution in [3.05, 3.63) is 51.9 Å². The van der Waals surface area contributed by atoms with Crippen LogP contribution in [0.4, 0.5) is 14.6 Å². The highest BCUT2D eigenvalue weighted by molar-refractivity contribution is 6.31. The molecule has 2 aromatic rings. The van der Waals surface area contributed by atoms with E-state index in [1.165, 1.54) is 12.3 Å². The van der Waals surface area contributed by atoms with Crippen molar-refractivity contribution in [1.29, 1.82) is 0 Å². The summed E-state index contributed by atoms with van der Waals surface area (Å²) in [6.45, 7) is 0.110. The second-order valence-corrected chi connectivity index (χ2v) is 4.11. The van der Waals surface area contributed by atoms with Crippen molar-refractivity contribution in [3.63, 3.8) is 0 Å². The highest BCUT2D eigenvalue weighted by atomic mass is 35.5. The van der Waals surface area contributed by atoms with Gasteiger partial charge in [0.05, 0.1) is 0 Å². The summed E-state index contributed by atoms with van der Waals surface area (Å²) in [7, 11) is 0. The zero-order chi connectivity index (χ0) is 13.1. The summed E-state index contributed by atoms with van der Waals surface area (Å²) in [6, 6.07) is 4.00. The maximum Gasteiger partial charge on any atom is 0.224 e. The Morgan fingerprint density at radius 3 is 2.67 bits per heavy atom. The van der Waals surface area contributed by atoms with Gasteiger partial charge >= 0.3 is 0 Å². The van der Waals surface area contributed by atoms with E-state index in [4.69, 9.17) is 23.2 Å². The highest BCUT2D eigenvalue weighted by Crippen LogP contribution is 2.22. The van der Waals surface area contributed by atoms with E-state index in [2.05, 4.69) is 15.3 Å². The number of halogens is 4. The molecule has 1 heterocycles. The quantitative estimate of drug-likeness (QED) is 0.692. The van der Waals surface area contributed by atoms with Crippen LogP contribution in [0.5, 0.6) is 0 Å². The fourth-order valence-electron chi connectivity index (χ4n) is 1.32. The largest absolute Gasteiger partial charge is 0.366 e.